The standard InChI is InChI=1S/C11H18N2S/c1-9-5-11(14-8-9)7-13-4-2-3-10(13)6-12/h5,8,10H,2-4,6-7,12H2,1H3/t10-/m0/s1. The van der Waals surface area contributed by atoms with Gasteiger partial charge in [0, 0.05) is 24.0 Å². The Morgan fingerprint density at radius 3 is 3.14 bits per heavy atom. The molecule has 2 rings (SSSR count). The van der Waals surface area contributed by atoms with Crippen LogP contribution < -0.4 is 5.73 Å². The van der Waals surface area contributed by atoms with E-state index in [1.54, 1.807) is 0 Å². The van der Waals surface area contributed by atoms with E-state index >= 15 is 0 Å². The summed E-state index contributed by atoms with van der Waals surface area (Å²) >= 11 is 1.87. The second kappa shape index (κ2) is 4.43. The van der Waals surface area contributed by atoms with Crippen molar-refractivity contribution in [3.8, 4) is 0 Å². The monoisotopic (exact) mass is 210 g/mol. The minimum absolute atomic E-state index is 0.623. The summed E-state index contributed by atoms with van der Waals surface area (Å²) < 4.78 is 0. The number of rotatable bonds is 3. The summed E-state index contributed by atoms with van der Waals surface area (Å²) in [6.07, 6.45) is 2.59. The van der Waals surface area contributed by atoms with E-state index in [-0.39, 0.29) is 0 Å². The zero-order valence-electron chi connectivity index (χ0n) is 8.70. The molecule has 0 aromatic carbocycles. The van der Waals surface area contributed by atoms with Crippen LogP contribution in [0.15, 0.2) is 11.4 Å². The van der Waals surface area contributed by atoms with E-state index in [0.717, 1.165) is 13.1 Å². The van der Waals surface area contributed by atoms with E-state index in [1.165, 1.54) is 29.8 Å². The molecule has 2 nitrogen and oxygen atoms in total. The molecule has 1 aliphatic heterocycles. The Hall–Kier alpha value is -0.380. The van der Waals surface area contributed by atoms with Crippen molar-refractivity contribution in [1.82, 2.24) is 4.90 Å². The summed E-state index contributed by atoms with van der Waals surface area (Å²) in [6.45, 7) is 5.29. The first-order chi connectivity index (χ1) is 6.79. The van der Waals surface area contributed by atoms with Crippen LogP contribution in [0.5, 0.6) is 0 Å². The van der Waals surface area contributed by atoms with Gasteiger partial charge in [-0.2, -0.15) is 0 Å². The van der Waals surface area contributed by atoms with Gasteiger partial charge in [-0.25, -0.2) is 0 Å². The molecule has 0 bridgehead atoms. The average Bonchev–Trinajstić information content (AvgIpc) is 2.76. The van der Waals surface area contributed by atoms with Crippen LogP contribution in [0.2, 0.25) is 0 Å². The highest BCUT2D eigenvalue weighted by atomic mass is 32.1. The quantitative estimate of drug-likeness (QED) is 0.826. The Balaban J connectivity index is 1.96. The van der Waals surface area contributed by atoms with E-state index in [1.807, 2.05) is 11.3 Å². The number of nitrogens with zero attached hydrogens (tertiary/aromatic N) is 1. The van der Waals surface area contributed by atoms with Crippen molar-refractivity contribution in [2.24, 2.45) is 5.73 Å². The van der Waals surface area contributed by atoms with Crippen LogP contribution in [0.3, 0.4) is 0 Å². The highest BCUT2D eigenvalue weighted by molar-refractivity contribution is 7.10. The van der Waals surface area contributed by atoms with Crippen LogP contribution in [0, 0.1) is 6.92 Å². The van der Waals surface area contributed by atoms with Gasteiger partial charge in [-0.15, -0.1) is 11.3 Å². The van der Waals surface area contributed by atoms with Crippen LogP contribution in [0.25, 0.3) is 0 Å². The molecule has 1 aromatic rings. The zero-order chi connectivity index (χ0) is 9.97. The minimum Gasteiger partial charge on any atom is -0.329 e. The van der Waals surface area contributed by atoms with Crippen LogP contribution in [0.4, 0.5) is 0 Å². The zero-order valence-corrected chi connectivity index (χ0v) is 9.52. The third-order valence-electron chi connectivity index (χ3n) is 2.91. The van der Waals surface area contributed by atoms with Crippen molar-refractivity contribution in [2.45, 2.75) is 32.4 Å². The summed E-state index contributed by atoms with van der Waals surface area (Å²) in [7, 11) is 0. The molecule has 1 aliphatic rings. The lowest BCUT2D eigenvalue weighted by atomic mass is 10.2. The van der Waals surface area contributed by atoms with Gasteiger partial charge < -0.3 is 5.73 Å². The van der Waals surface area contributed by atoms with Gasteiger partial charge in [-0.3, -0.25) is 4.90 Å². The van der Waals surface area contributed by atoms with Crippen molar-refractivity contribution >= 4 is 11.3 Å². The van der Waals surface area contributed by atoms with Gasteiger partial charge >= 0.3 is 0 Å². The molecular formula is C11H18N2S. The number of hydrogen-bond donors (Lipinski definition) is 1. The van der Waals surface area contributed by atoms with Crippen molar-refractivity contribution < 1.29 is 0 Å². The Labute approximate surface area is 89.7 Å². The molecule has 1 fully saturated rings. The fourth-order valence-corrected chi connectivity index (χ4v) is 3.04. The molecule has 2 heterocycles. The maximum atomic E-state index is 5.74. The maximum absolute atomic E-state index is 5.74. The van der Waals surface area contributed by atoms with E-state index in [4.69, 9.17) is 5.73 Å². The highest BCUT2D eigenvalue weighted by Crippen LogP contribution is 2.22. The SMILES string of the molecule is Cc1csc(CN2CCC[C@H]2CN)c1. The molecule has 1 aromatic heterocycles. The molecule has 2 N–H and O–H groups in total. The van der Waals surface area contributed by atoms with Gasteiger partial charge in [0.05, 0.1) is 0 Å². The lowest BCUT2D eigenvalue weighted by molar-refractivity contribution is 0.252. The predicted octanol–water partition coefficient (Wildman–Crippen LogP) is 1.98. The number of aryl methyl sites for hydroxylation is 1. The van der Waals surface area contributed by atoms with Gasteiger partial charge in [0.1, 0.15) is 0 Å². The third kappa shape index (κ3) is 2.16. The second-order valence-electron chi connectivity index (χ2n) is 4.09. The molecule has 0 saturated carbocycles. The fourth-order valence-electron chi connectivity index (χ4n) is 2.14. The van der Waals surface area contributed by atoms with Gasteiger partial charge in [-0.05, 0) is 43.3 Å². The molecule has 3 heteroatoms. The molecular weight excluding hydrogens is 192 g/mol. The summed E-state index contributed by atoms with van der Waals surface area (Å²) in [5, 5.41) is 2.23. The van der Waals surface area contributed by atoms with Gasteiger partial charge in [0.15, 0.2) is 0 Å². The van der Waals surface area contributed by atoms with Gasteiger partial charge in [-0.1, -0.05) is 0 Å². The number of nitrogens with two attached hydrogens (primary N) is 1. The first-order valence-electron chi connectivity index (χ1n) is 5.27. The summed E-state index contributed by atoms with van der Waals surface area (Å²) in [5.74, 6) is 0. The molecule has 1 atom stereocenters. The fraction of sp³-hybridized carbons (Fsp3) is 0.636. The molecule has 14 heavy (non-hydrogen) atoms. The Kier molecular flexibility index (Phi) is 3.21. The van der Waals surface area contributed by atoms with Crippen LogP contribution in [-0.2, 0) is 6.54 Å². The lowest BCUT2D eigenvalue weighted by Crippen LogP contribution is -2.34. The highest BCUT2D eigenvalue weighted by Gasteiger charge is 2.23. The number of likely N-dealkylation sites (tertiary alicyclic amines) is 1. The van der Waals surface area contributed by atoms with Crippen molar-refractivity contribution in [1.29, 1.82) is 0 Å². The summed E-state index contributed by atoms with van der Waals surface area (Å²) in [4.78, 5) is 3.99. The molecule has 78 valence electrons. The summed E-state index contributed by atoms with van der Waals surface area (Å²) in [5.41, 5.74) is 7.13. The Morgan fingerprint density at radius 2 is 2.50 bits per heavy atom. The van der Waals surface area contributed by atoms with E-state index in [0.29, 0.717) is 6.04 Å². The first-order valence-corrected chi connectivity index (χ1v) is 6.15. The van der Waals surface area contributed by atoms with Crippen molar-refractivity contribution in [3.05, 3.63) is 21.9 Å². The van der Waals surface area contributed by atoms with E-state index in [9.17, 15) is 0 Å². The largest absolute Gasteiger partial charge is 0.329 e. The minimum atomic E-state index is 0.623. The Bertz CT molecular complexity index is 295. The first kappa shape index (κ1) is 10.1. The van der Waals surface area contributed by atoms with Crippen molar-refractivity contribution in [3.63, 3.8) is 0 Å². The molecule has 0 amide bonds. The molecule has 1 saturated heterocycles. The predicted molar refractivity (Wildman–Crippen MR) is 61.5 cm³/mol. The second-order valence-corrected chi connectivity index (χ2v) is 5.09. The lowest BCUT2D eigenvalue weighted by Gasteiger charge is -2.22. The third-order valence-corrected chi connectivity index (χ3v) is 3.95. The van der Waals surface area contributed by atoms with E-state index < -0.39 is 0 Å². The average molecular weight is 210 g/mol. The summed E-state index contributed by atoms with van der Waals surface area (Å²) in [6, 6.07) is 2.91. The van der Waals surface area contributed by atoms with Gasteiger partial charge in [0.2, 0.25) is 0 Å². The molecule has 0 unspecified atom stereocenters. The van der Waals surface area contributed by atoms with E-state index in [2.05, 4.69) is 23.3 Å². The van der Waals surface area contributed by atoms with Gasteiger partial charge in [0.25, 0.3) is 0 Å². The smallest absolute Gasteiger partial charge is 0.0331 e. The van der Waals surface area contributed by atoms with Crippen LogP contribution >= 0.6 is 11.3 Å². The van der Waals surface area contributed by atoms with Crippen molar-refractivity contribution in [2.75, 3.05) is 13.1 Å². The number of hydrogen-bond acceptors (Lipinski definition) is 3. The maximum Gasteiger partial charge on any atom is 0.0331 e. The van der Waals surface area contributed by atoms with Crippen LogP contribution in [-0.4, -0.2) is 24.0 Å². The Morgan fingerprint density at radius 1 is 1.64 bits per heavy atom. The molecule has 0 radical (unpaired) electrons. The molecule has 0 spiro atoms. The number of thiophene rings is 1. The topological polar surface area (TPSA) is 29.3 Å². The normalized spacial score (nSPS) is 23.1. The van der Waals surface area contributed by atoms with Crippen LogP contribution in [0.1, 0.15) is 23.3 Å². The molecule has 0 aliphatic carbocycles.